The van der Waals surface area contributed by atoms with Gasteiger partial charge in [0.05, 0.1) is 12.2 Å². The molecule has 3 rings (SSSR count). The number of fused-ring (bicyclic) bond motifs is 1. The molecule has 0 bridgehead atoms. The van der Waals surface area contributed by atoms with Gasteiger partial charge in [-0.05, 0) is 75.2 Å². The molecule has 1 aliphatic heterocycles. The molecule has 0 saturated carbocycles. The third kappa shape index (κ3) is 4.48. The lowest BCUT2D eigenvalue weighted by atomic mass is 10.0. The number of benzene rings is 2. The highest BCUT2D eigenvalue weighted by Gasteiger charge is 2.25. The van der Waals surface area contributed by atoms with Gasteiger partial charge in [0.25, 0.3) is 0 Å². The SMILES string of the molecule is CC1(C)CNc2cc(CCNCCc3ccc(F)cc3)ccc2O1. The van der Waals surface area contributed by atoms with Gasteiger partial charge < -0.3 is 15.4 Å². The predicted octanol–water partition coefficient (Wildman–Crippen LogP) is 3.78. The molecule has 0 aliphatic carbocycles. The maximum Gasteiger partial charge on any atom is 0.143 e. The first-order valence-electron chi connectivity index (χ1n) is 8.53. The molecule has 24 heavy (non-hydrogen) atoms. The van der Waals surface area contributed by atoms with Crippen molar-refractivity contribution in [1.29, 1.82) is 0 Å². The van der Waals surface area contributed by atoms with Crippen LogP contribution in [0.2, 0.25) is 0 Å². The Morgan fingerprint density at radius 1 is 1.04 bits per heavy atom. The average Bonchev–Trinajstić information content (AvgIpc) is 2.56. The number of hydrogen-bond donors (Lipinski definition) is 2. The fraction of sp³-hybridized carbons (Fsp3) is 0.400. The molecule has 0 spiro atoms. The summed E-state index contributed by atoms with van der Waals surface area (Å²) in [5.74, 6) is 0.749. The fourth-order valence-electron chi connectivity index (χ4n) is 2.84. The highest BCUT2D eigenvalue weighted by Crippen LogP contribution is 2.33. The first kappa shape index (κ1) is 16.8. The standard InChI is InChI=1S/C20H25FN2O/c1-20(2)14-23-18-13-16(5-8-19(18)24-20)10-12-22-11-9-15-3-6-17(21)7-4-15/h3-8,13,22-23H,9-12,14H2,1-2H3. The van der Waals surface area contributed by atoms with E-state index in [0.29, 0.717) is 0 Å². The molecule has 128 valence electrons. The van der Waals surface area contributed by atoms with Crippen molar-refractivity contribution in [2.45, 2.75) is 32.3 Å². The minimum absolute atomic E-state index is 0.156. The number of ether oxygens (including phenoxy) is 1. The highest BCUT2D eigenvalue weighted by atomic mass is 19.1. The van der Waals surface area contributed by atoms with E-state index in [1.807, 2.05) is 12.1 Å². The summed E-state index contributed by atoms with van der Waals surface area (Å²) in [5.41, 5.74) is 3.37. The highest BCUT2D eigenvalue weighted by molar-refractivity contribution is 5.60. The van der Waals surface area contributed by atoms with Gasteiger partial charge in [-0.15, -0.1) is 0 Å². The van der Waals surface area contributed by atoms with Crippen molar-refractivity contribution >= 4 is 5.69 Å². The molecule has 0 aromatic heterocycles. The zero-order chi connectivity index (χ0) is 17.0. The number of hydrogen-bond acceptors (Lipinski definition) is 3. The van der Waals surface area contributed by atoms with Crippen LogP contribution in [0.3, 0.4) is 0 Å². The molecule has 0 unspecified atom stereocenters. The molecule has 0 fully saturated rings. The topological polar surface area (TPSA) is 33.3 Å². The van der Waals surface area contributed by atoms with E-state index >= 15 is 0 Å². The van der Waals surface area contributed by atoms with Crippen molar-refractivity contribution in [2.24, 2.45) is 0 Å². The summed E-state index contributed by atoms with van der Waals surface area (Å²) in [6, 6.07) is 13.1. The van der Waals surface area contributed by atoms with Crippen LogP contribution in [0.1, 0.15) is 25.0 Å². The Hall–Kier alpha value is -2.07. The Morgan fingerprint density at radius 3 is 2.46 bits per heavy atom. The van der Waals surface area contributed by atoms with Crippen molar-refractivity contribution in [3.63, 3.8) is 0 Å². The van der Waals surface area contributed by atoms with Crippen LogP contribution in [0, 0.1) is 5.82 Å². The van der Waals surface area contributed by atoms with E-state index in [0.717, 1.165) is 49.5 Å². The van der Waals surface area contributed by atoms with Crippen LogP contribution in [0.25, 0.3) is 0 Å². The van der Waals surface area contributed by atoms with Crippen LogP contribution in [0.5, 0.6) is 5.75 Å². The molecule has 4 heteroatoms. The quantitative estimate of drug-likeness (QED) is 0.792. The van der Waals surface area contributed by atoms with E-state index in [4.69, 9.17) is 4.74 Å². The summed E-state index contributed by atoms with van der Waals surface area (Å²) in [7, 11) is 0. The summed E-state index contributed by atoms with van der Waals surface area (Å²) in [6.45, 7) is 6.81. The van der Waals surface area contributed by atoms with Gasteiger partial charge in [-0.3, -0.25) is 0 Å². The Morgan fingerprint density at radius 2 is 1.71 bits per heavy atom. The second-order valence-electron chi connectivity index (χ2n) is 6.92. The van der Waals surface area contributed by atoms with Crippen molar-refractivity contribution < 1.29 is 9.13 Å². The van der Waals surface area contributed by atoms with Gasteiger partial charge in [-0.2, -0.15) is 0 Å². The Bertz CT molecular complexity index is 683. The number of nitrogens with one attached hydrogen (secondary N) is 2. The number of anilines is 1. The third-order valence-corrected chi connectivity index (χ3v) is 4.23. The summed E-state index contributed by atoms with van der Waals surface area (Å²) < 4.78 is 18.8. The molecule has 0 amide bonds. The number of rotatable bonds is 6. The van der Waals surface area contributed by atoms with Gasteiger partial charge in [0, 0.05) is 0 Å². The van der Waals surface area contributed by atoms with E-state index in [2.05, 4.69) is 42.7 Å². The lowest BCUT2D eigenvalue weighted by molar-refractivity contribution is 0.116. The lowest BCUT2D eigenvalue weighted by Gasteiger charge is -2.33. The lowest BCUT2D eigenvalue weighted by Crippen LogP contribution is -2.40. The molecular formula is C20H25FN2O. The van der Waals surface area contributed by atoms with Gasteiger partial charge >= 0.3 is 0 Å². The van der Waals surface area contributed by atoms with Gasteiger partial charge in [-0.25, -0.2) is 4.39 Å². The fourth-order valence-corrected chi connectivity index (χ4v) is 2.84. The van der Waals surface area contributed by atoms with Gasteiger partial charge in [-0.1, -0.05) is 18.2 Å². The molecule has 3 nitrogen and oxygen atoms in total. The van der Waals surface area contributed by atoms with E-state index < -0.39 is 0 Å². The van der Waals surface area contributed by atoms with Crippen LogP contribution in [0.15, 0.2) is 42.5 Å². The van der Waals surface area contributed by atoms with E-state index in [9.17, 15) is 4.39 Å². The minimum atomic E-state index is -0.180. The average molecular weight is 328 g/mol. The Kier molecular flexibility index (Phi) is 5.05. The van der Waals surface area contributed by atoms with Crippen LogP contribution in [-0.2, 0) is 12.8 Å². The van der Waals surface area contributed by atoms with Crippen LogP contribution < -0.4 is 15.4 Å². The molecule has 0 atom stereocenters. The second kappa shape index (κ2) is 7.22. The van der Waals surface area contributed by atoms with Gasteiger partial charge in [0.15, 0.2) is 0 Å². The first-order valence-corrected chi connectivity index (χ1v) is 8.53. The molecular weight excluding hydrogens is 303 g/mol. The van der Waals surface area contributed by atoms with Crippen LogP contribution >= 0.6 is 0 Å². The smallest absolute Gasteiger partial charge is 0.143 e. The van der Waals surface area contributed by atoms with Crippen molar-refractivity contribution in [3.05, 3.63) is 59.4 Å². The van der Waals surface area contributed by atoms with Crippen molar-refractivity contribution in [3.8, 4) is 5.75 Å². The Balaban J connectivity index is 1.43. The maximum atomic E-state index is 12.9. The minimum Gasteiger partial charge on any atom is -0.484 e. The largest absolute Gasteiger partial charge is 0.484 e. The van der Waals surface area contributed by atoms with Crippen LogP contribution in [0.4, 0.5) is 10.1 Å². The van der Waals surface area contributed by atoms with Crippen molar-refractivity contribution in [1.82, 2.24) is 5.32 Å². The first-order chi connectivity index (χ1) is 11.5. The summed E-state index contributed by atoms with van der Waals surface area (Å²) >= 11 is 0. The zero-order valence-electron chi connectivity index (χ0n) is 14.4. The molecule has 1 heterocycles. The maximum absolute atomic E-state index is 12.9. The second-order valence-corrected chi connectivity index (χ2v) is 6.92. The molecule has 1 aliphatic rings. The molecule has 2 aromatic carbocycles. The van der Waals surface area contributed by atoms with Crippen LogP contribution in [-0.4, -0.2) is 25.2 Å². The molecule has 0 saturated heterocycles. The number of halogens is 1. The molecule has 2 N–H and O–H groups in total. The molecule has 0 radical (unpaired) electrons. The Labute approximate surface area is 143 Å². The van der Waals surface area contributed by atoms with Crippen molar-refractivity contribution in [2.75, 3.05) is 25.0 Å². The van der Waals surface area contributed by atoms with E-state index in [1.54, 1.807) is 0 Å². The monoisotopic (exact) mass is 328 g/mol. The van der Waals surface area contributed by atoms with E-state index in [-0.39, 0.29) is 11.4 Å². The van der Waals surface area contributed by atoms with Gasteiger partial charge in [0.1, 0.15) is 17.2 Å². The van der Waals surface area contributed by atoms with Gasteiger partial charge in [0.2, 0.25) is 0 Å². The predicted molar refractivity (Wildman–Crippen MR) is 96.3 cm³/mol. The normalized spacial score (nSPS) is 15.3. The zero-order valence-corrected chi connectivity index (χ0v) is 14.4. The summed E-state index contributed by atoms with van der Waals surface area (Å²) in [6.07, 6.45) is 1.89. The third-order valence-electron chi connectivity index (χ3n) is 4.23. The molecule has 2 aromatic rings. The summed E-state index contributed by atoms with van der Waals surface area (Å²) in [4.78, 5) is 0. The summed E-state index contributed by atoms with van der Waals surface area (Å²) in [5, 5.41) is 6.89. The van der Waals surface area contributed by atoms with E-state index in [1.165, 1.54) is 17.7 Å².